The third kappa shape index (κ3) is 21.9. The van der Waals surface area contributed by atoms with Crippen molar-refractivity contribution in [3.8, 4) is 17.2 Å². The van der Waals surface area contributed by atoms with Crippen molar-refractivity contribution in [3.05, 3.63) is 158 Å². The summed E-state index contributed by atoms with van der Waals surface area (Å²) in [5.41, 5.74) is 16.6. The standard InChI is InChI=1S/C33H43ClN9O2P.C32H43BrN7O2P.C31H38BrN8O2P/c1-22-17-26(28(45-4)18-27(22)43-13-9-33(10-14-43)20-42(21-33)16-15-41(2)3)39-32-37-19-23(34)31(40-32)38-25-8-7-24-29(36-12-11-35-24)30(25)46(5,6)44;1-38-16-18-40(19-17-38)23-12-14-39(15-13-23)24-9-11-27(29(20-24)42-2)36-32-34-21-26(33)31(37-32)35-28-10-8-22-6-5-7-25(22)30(28)43(3,4)41;1-6-20-15-24(26(42-3)16-25(20)40-13-9-31(10-14-40)18-39(2)19-31)37-30-35-17-21(32)29(38-30)36-23-8-7-22-27(34-12-11-33-22)28(23)43(4,5)41/h7-8,11-12,17-19H,9-10,13-16,20-21H2,1-6H3,(H2,37,38,39,40);8-11,20-21,23H,5-7,12-19H2,1-4H3,(H2,34,35,36,37);7-8,11-12,15-17H,6,9-10,13-14,18-19H2,1-5H3,(H2,35,36,37,38). The van der Waals surface area contributed by atoms with Gasteiger partial charge in [0.1, 0.15) is 66.4 Å². The summed E-state index contributed by atoms with van der Waals surface area (Å²) < 4.78 is 59.0. The first-order chi connectivity index (χ1) is 63.2. The van der Waals surface area contributed by atoms with Crippen LogP contribution in [0.4, 0.5) is 86.5 Å². The van der Waals surface area contributed by atoms with Gasteiger partial charge in [-0.25, -0.2) is 15.0 Å². The third-order valence-electron chi connectivity index (χ3n) is 26.7. The number of halogens is 3. The minimum absolute atomic E-state index is 0.325. The van der Waals surface area contributed by atoms with Crippen molar-refractivity contribution in [1.82, 2.24) is 74.3 Å². The monoisotopic (exact) mass is 1990 g/mol. The lowest BCUT2D eigenvalue weighted by atomic mass is 9.72. The highest BCUT2D eigenvalue weighted by molar-refractivity contribution is 9.11. The Morgan fingerprint density at radius 3 is 1.49 bits per heavy atom. The van der Waals surface area contributed by atoms with Crippen molar-refractivity contribution in [2.45, 2.75) is 84.1 Å². The maximum Gasteiger partial charge on any atom is 0.229 e. The molecule has 132 heavy (non-hydrogen) atoms. The van der Waals surface area contributed by atoms with Gasteiger partial charge in [0.2, 0.25) is 17.8 Å². The maximum atomic E-state index is 13.4. The molecule has 18 rings (SSSR count). The number of aromatic nitrogens is 10. The number of rotatable bonds is 26. The van der Waals surface area contributed by atoms with E-state index >= 15 is 0 Å². The van der Waals surface area contributed by atoms with Gasteiger partial charge in [-0.15, -0.1) is 0 Å². The number of aryl methyl sites for hydroxylation is 3. The number of anilines is 15. The molecule has 7 aliphatic rings. The number of methoxy groups -OCH3 is 3. The Labute approximate surface area is 797 Å². The van der Waals surface area contributed by atoms with Gasteiger partial charge in [-0.1, -0.05) is 24.6 Å². The van der Waals surface area contributed by atoms with Crippen LogP contribution in [0.5, 0.6) is 17.2 Å². The fraction of sp³-hybridized carbons (Fsp3) is 0.458. The molecule has 0 radical (unpaired) electrons. The van der Waals surface area contributed by atoms with Crippen LogP contribution in [-0.2, 0) is 33.0 Å². The minimum Gasteiger partial charge on any atom is -0.494 e. The van der Waals surface area contributed by atoms with E-state index in [0.29, 0.717) is 111 Å². The van der Waals surface area contributed by atoms with Crippen LogP contribution in [-0.4, -0.2) is 275 Å². The van der Waals surface area contributed by atoms with E-state index in [1.54, 1.807) is 85.2 Å². The van der Waals surface area contributed by atoms with Gasteiger partial charge in [-0.3, -0.25) is 24.8 Å². The Morgan fingerprint density at radius 2 is 0.962 bits per heavy atom. The van der Waals surface area contributed by atoms with Gasteiger partial charge in [0.15, 0.2) is 5.82 Å². The molecular weight excluding hydrogens is 1870 g/mol. The number of nitrogens with zero attached hydrogens (tertiary/aromatic N) is 18. The Balaban J connectivity index is 0.000000145. The zero-order valence-electron chi connectivity index (χ0n) is 78.5. The number of benzene rings is 6. The number of hydrogen-bond acceptors (Lipinski definition) is 30. The molecule has 30 nitrogen and oxygen atoms in total. The van der Waals surface area contributed by atoms with E-state index in [-0.39, 0.29) is 0 Å². The molecule has 0 amide bonds. The van der Waals surface area contributed by atoms with E-state index in [4.69, 9.17) is 35.8 Å². The van der Waals surface area contributed by atoms with Crippen LogP contribution in [0.15, 0.2) is 131 Å². The molecule has 2 spiro atoms. The van der Waals surface area contributed by atoms with Crippen molar-refractivity contribution in [2.24, 2.45) is 10.8 Å². The first-order valence-corrected chi connectivity index (χ1v) is 55.3. The molecular formula is C96H124Br2ClN24O6P3. The van der Waals surface area contributed by atoms with E-state index < -0.39 is 21.4 Å². The quantitative estimate of drug-likeness (QED) is 0.0274. The molecule has 6 aliphatic heterocycles. The van der Waals surface area contributed by atoms with Crippen molar-refractivity contribution >= 4 is 189 Å². The molecule has 36 heteroatoms. The van der Waals surface area contributed by atoms with Crippen molar-refractivity contribution < 1.29 is 27.9 Å². The van der Waals surface area contributed by atoms with E-state index in [1.807, 2.05) is 49.7 Å². The average Bonchev–Trinajstić information content (AvgIpc) is 1.28. The number of likely N-dealkylation sites (tertiary alicyclic amines) is 2. The lowest BCUT2D eigenvalue weighted by Gasteiger charge is -2.54. The molecule has 700 valence electrons. The number of fused-ring (bicyclic) bond motifs is 3. The number of ether oxygens (including phenoxy) is 3. The van der Waals surface area contributed by atoms with Crippen LogP contribution in [0.1, 0.15) is 74.1 Å². The van der Waals surface area contributed by atoms with Gasteiger partial charge in [-0.2, -0.15) is 15.0 Å². The molecule has 6 N–H and O–H groups in total. The largest absolute Gasteiger partial charge is 0.494 e. The van der Waals surface area contributed by atoms with E-state index in [1.165, 1.54) is 131 Å². The van der Waals surface area contributed by atoms with Gasteiger partial charge in [0.05, 0.1) is 92.2 Å². The highest BCUT2D eigenvalue weighted by Gasteiger charge is 2.46. The van der Waals surface area contributed by atoms with Crippen molar-refractivity contribution in [1.29, 1.82) is 0 Å². The summed E-state index contributed by atoms with van der Waals surface area (Å²) >= 11 is 13.7. The van der Waals surface area contributed by atoms with Gasteiger partial charge in [0.25, 0.3) is 0 Å². The van der Waals surface area contributed by atoms with Gasteiger partial charge < -0.3 is 94.1 Å². The second-order valence-corrected chi connectivity index (χ2v) is 49.2. The summed E-state index contributed by atoms with van der Waals surface area (Å²) in [5, 5.41) is 22.7. The van der Waals surface area contributed by atoms with Gasteiger partial charge >= 0.3 is 0 Å². The number of likely N-dealkylation sites (N-methyl/N-ethyl adjacent to an activating group) is 2. The van der Waals surface area contributed by atoms with Crippen LogP contribution in [0.2, 0.25) is 5.02 Å². The van der Waals surface area contributed by atoms with E-state index in [9.17, 15) is 13.7 Å². The fourth-order valence-corrected chi connectivity index (χ4v) is 25.1. The summed E-state index contributed by atoms with van der Waals surface area (Å²) in [7, 11) is 5.76. The number of hydrogen-bond donors (Lipinski definition) is 6. The Bertz CT molecular complexity index is 6180. The molecule has 0 saturated carbocycles. The normalized spacial score (nSPS) is 17.2. The first-order valence-electron chi connectivity index (χ1n) is 45.5. The Kier molecular flexibility index (Phi) is 29.5. The summed E-state index contributed by atoms with van der Waals surface area (Å²) in [4.78, 5) is 65.3. The first kappa shape index (κ1) is 95.7. The minimum atomic E-state index is -2.76. The molecule has 6 aromatic carbocycles. The zero-order valence-corrected chi connectivity index (χ0v) is 85.1. The smallest absolute Gasteiger partial charge is 0.229 e. The molecule has 0 bridgehead atoms. The lowest BCUT2D eigenvalue weighted by Crippen LogP contribution is -2.61. The third-order valence-corrected chi connectivity index (χ3v) is 32.8. The zero-order chi connectivity index (χ0) is 93.1. The van der Waals surface area contributed by atoms with Crippen molar-refractivity contribution in [2.75, 3.05) is 241 Å². The molecule has 1 aliphatic carbocycles. The highest BCUT2D eigenvalue weighted by atomic mass is 79.9. The van der Waals surface area contributed by atoms with Crippen LogP contribution in [0, 0.1) is 17.8 Å². The average molecular weight is 2000 g/mol. The molecule has 11 heterocycles. The SMILES string of the molecule is CCc1cc(Nc2ncc(Br)c(Nc3ccc4nccnc4c3P(C)(C)=O)n2)c(OC)cc1N1CCC2(CC1)CN(C)C2.COc1cc(N2CCC(N3CCN(C)CC3)CC2)ccc1Nc1ncc(Br)c(Nc2ccc3c(c2P(C)(C)=O)CCC3)n1.COc1cc(N2CCC3(CC2)CN(CCN(C)C)C3)c(C)cc1Nc1ncc(Cl)c(Nc2ccc3nccnc3c2P(C)(C)=O)n1. The molecule has 5 aromatic heterocycles. The number of nitrogens with one attached hydrogen (secondary N) is 6. The highest BCUT2D eigenvalue weighted by Crippen LogP contribution is 2.50. The van der Waals surface area contributed by atoms with Gasteiger partial charge in [0, 0.05) is 189 Å². The van der Waals surface area contributed by atoms with Crippen LogP contribution < -0.4 is 76.7 Å². The molecule has 11 aromatic rings. The van der Waals surface area contributed by atoms with E-state index in [0.717, 1.165) is 128 Å². The molecule has 6 saturated heterocycles. The number of piperazine rings is 1. The van der Waals surface area contributed by atoms with Crippen LogP contribution in [0.25, 0.3) is 22.1 Å². The lowest BCUT2D eigenvalue weighted by molar-refractivity contribution is -0.0207. The fourth-order valence-electron chi connectivity index (χ4n) is 20.0. The summed E-state index contributed by atoms with van der Waals surface area (Å²) in [6.45, 7) is 33.0. The topological polar surface area (TPSA) is 306 Å². The Morgan fingerprint density at radius 1 is 0.492 bits per heavy atom. The second-order valence-electron chi connectivity index (χ2n) is 37.7. The van der Waals surface area contributed by atoms with Crippen molar-refractivity contribution in [3.63, 3.8) is 0 Å². The maximum absolute atomic E-state index is 13.4. The predicted molar refractivity (Wildman–Crippen MR) is 549 cm³/mol. The summed E-state index contributed by atoms with van der Waals surface area (Å²) in [6, 6.07) is 27.1. The Hall–Kier alpha value is -9.42. The van der Waals surface area contributed by atoms with E-state index in [2.05, 4.69) is 227 Å². The summed E-state index contributed by atoms with van der Waals surface area (Å²) in [6.07, 6.45) is 22.7. The van der Waals surface area contributed by atoms with Crippen LogP contribution in [0.3, 0.4) is 0 Å². The number of piperidine rings is 3. The summed E-state index contributed by atoms with van der Waals surface area (Å²) in [5.74, 6) is 4.93. The second kappa shape index (κ2) is 40.6. The molecule has 6 fully saturated rings. The molecule has 0 atom stereocenters. The van der Waals surface area contributed by atoms with Gasteiger partial charge in [-0.05, 0) is 259 Å². The van der Waals surface area contributed by atoms with Crippen LogP contribution >= 0.6 is 64.9 Å². The molecule has 0 unspecified atom stereocenters. The predicted octanol–water partition coefficient (Wildman–Crippen LogP) is 17.3.